The third-order valence-electron chi connectivity index (χ3n) is 2.57. The second-order valence-electron chi connectivity index (χ2n) is 4.13. The van der Waals surface area contributed by atoms with E-state index in [2.05, 4.69) is 6.92 Å². The number of hydrogen-bond acceptors (Lipinski definition) is 2. The molecule has 15 heavy (non-hydrogen) atoms. The summed E-state index contributed by atoms with van der Waals surface area (Å²) in [5, 5.41) is 11.9. The summed E-state index contributed by atoms with van der Waals surface area (Å²) in [6.45, 7) is 3.26. The van der Waals surface area contributed by atoms with Gasteiger partial charge in [0.1, 0.15) is 6.54 Å². The standard InChI is InChI=1S/C12H25NO2/c1-2-3-4-5-6-7-8-9-10-13-11-12(14)15/h13H,2-11H2,1H3,(H,14,15). The molecule has 0 bridgehead atoms. The van der Waals surface area contributed by atoms with Crippen molar-refractivity contribution in [1.29, 1.82) is 0 Å². The number of nitrogens with two attached hydrogens (primary N) is 1. The Morgan fingerprint density at radius 2 is 1.53 bits per heavy atom. The van der Waals surface area contributed by atoms with Gasteiger partial charge in [0.15, 0.2) is 0 Å². The van der Waals surface area contributed by atoms with Crippen molar-refractivity contribution in [2.45, 2.75) is 58.3 Å². The van der Waals surface area contributed by atoms with Gasteiger partial charge >= 0.3 is 0 Å². The summed E-state index contributed by atoms with van der Waals surface area (Å²) in [4.78, 5) is 10.1. The zero-order valence-electron chi connectivity index (χ0n) is 9.96. The number of quaternary nitrogens is 1. The Hall–Kier alpha value is -0.570. The van der Waals surface area contributed by atoms with Crippen molar-refractivity contribution in [2.75, 3.05) is 13.1 Å². The van der Waals surface area contributed by atoms with Crippen LogP contribution in [0.2, 0.25) is 0 Å². The van der Waals surface area contributed by atoms with Crippen LogP contribution < -0.4 is 10.4 Å². The molecule has 0 unspecified atom stereocenters. The molecule has 0 aromatic carbocycles. The molecular formula is C12H25NO2. The summed E-state index contributed by atoms with van der Waals surface area (Å²) in [5.74, 6) is -0.963. The van der Waals surface area contributed by atoms with E-state index in [-0.39, 0.29) is 6.54 Å². The van der Waals surface area contributed by atoms with Gasteiger partial charge in [0.2, 0.25) is 0 Å². The second-order valence-corrected chi connectivity index (χ2v) is 4.13. The Morgan fingerprint density at radius 1 is 1.00 bits per heavy atom. The van der Waals surface area contributed by atoms with E-state index < -0.39 is 5.97 Å². The Balaban J connectivity index is 2.89. The largest absolute Gasteiger partial charge is 0.544 e. The number of aliphatic carboxylic acids is 1. The van der Waals surface area contributed by atoms with Gasteiger partial charge in [-0.25, -0.2) is 0 Å². The zero-order chi connectivity index (χ0) is 11.4. The van der Waals surface area contributed by atoms with Crippen molar-refractivity contribution >= 4 is 5.97 Å². The lowest BCUT2D eigenvalue weighted by molar-refractivity contribution is -0.650. The summed E-state index contributed by atoms with van der Waals surface area (Å²) in [6, 6.07) is 0. The van der Waals surface area contributed by atoms with Crippen molar-refractivity contribution in [3.8, 4) is 0 Å². The fourth-order valence-electron chi connectivity index (χ4n) is 1.64. The molecule has 90 valence electrons. The van der Waals surface area contributed by atoms with E-state index >= 15 is 0 Å². The maximum Gasteiger partial charge on any atom is 0.116 e. The predicted molar refractivity (Wildman–Crippen MR) is 59.3 cm³/mol. The molecule has 0 spiro atoms. The average molecular weight is 215 g/mol. The van der Waals surface area contributed by atoms with Gasteiger partial charge in [-0.3, -0.25) is 0 Å². The molecule has 0 rings (SSSR count). The van der Waals surface area contributed by atoms with Gasteiger partial charge in [-0.15, -0.1) is 0 Å². The molecule has 0 aromatic rings. The first-order valence-electron chi connectivity index (χ1n) is 6.29. The highest BCUT2D eigenvalue weighted by molar-refractivity contribution is 5.64. The first-order chi connectivity index (χ1) is 7.27. The van der Waals surface area contributed by atoms with E-state index in [1.807, 2.05) is 5.32 Å². The van der Waals surface area contributed by atoms with Gasteiger partial charge in [-0.05, 0) is 12.8 Å². The summed E-state index contributed by atoms with van der Waals surface area (Å²) in [7, 11) is 0. The van der Waals surface area contributed by atoms with E-state index in [4.69, 9.17) is 0 Å². The lowest BCUT2D eigenvalue weighted by atomic mass is 10.1. The van der Waals surface area contributed by atoms with Crippen LogP contribution in [0.25, 0.3) is 0 Å². The van der Waals surface area contributed by atoms with Crippen LogP contribution in [0.1, 0.15) is 58.3 Å². The first kappa shape index (κ1) is 14.4. The molecule has 0 amide bonds. The van der Waals surface area contributed by atoms with Crippen molar-refractivity contribution in [1.82, 2.24) is 0 Å². The minimum atomic E-state index is -0.963. The maximum atomic E-state index is 10.1. The zero-order valence-corrected chi connectivity index (χ0v) is 9.96. The monoisotopic (exact) mass is 215 g/mol. The summed E-state index contributed by atoms with van der Waals surface area (Å²) < 4.78 is 0. The molecule has 3 nitrogen and oxygen atoms in total. The number of hydrogen-bond donors (Lipinski definition) is 1. The number of rotatable bonds is 11. The molecule has 0 aromatic heterocycles. The minimum Gasteiger partial charge on any atom is -0.544 e. The van der Waals surface area contributed by atoms with Gasteiger partial charge in [0, 0.05) is 0 Å². The van der Waals surface area contributed by atoms with Gasteiger partial charge in [-0.1, -0.05) is 45.4 Å². The van der Waals surface area contributed by atoms with Crippen LogP contribution in [0, 0.1) is 0 Å². The van der Waals surface area contributed by atoms with Gasteiger partial charge in [0.25, 0.3) is 0 Å². The smallest absolute Gasteiger partial charge is 0.116 e. The topological polar surface area (TPSA) is 56.7 Å². The Labute approximate surface area is 93.3 Å². The summed E-state index contributed by atoms with van der Waals surface area (Å²) >= 11 is 0. The Kier molecular flexibility index (Phi) is 11.1. The van der Waals surface area contributed by atoms with E-state index in [9.17, 15) is 9.90 Å². The molecule has 0 fully saturated rings. The Bertz CT molecular complexity index is 149. The SMILES string of the molecule is CCCCCCCCCC[NH2+]CC(=O)[O-]. The van der Waals surface area contributed by atoms with Crippen LogP contribution in [0.3, 0.4) is 0 Å². The molecule has 3 heteroatoms. The van der Waals surface area contributed by atoms with E-state index in [0.29, 0.717) is 0 Å². The van der Waals surface area contributed by atoms with Crippen LogP contribution in [-0.4, -0.2) is 19.1 Å². The lowest BCUT2D eigenvalue weighted by Gasteiger charge is -2.02. The molecule has 0 radical (unpaired) electrons. The highest BCUT2D eigenvalue weighted by atomic mass is 16.4. The molecule has 0 aliphatic carbocycles. The van der Waals surface area contributed by atoms with Crippen molar-refractivity contribution in [2.24, 2.45) is 0 Å². The first-order valence-corrected chi connectivity index (χ1v) is 6.29. The molecule has 0 aliphatic rings. The fraction of sp³-hybridized carbons (Fsp3) is 0.917. The molecule has 0 heterocycles. The second kappa shape index (κ2) is 11.5. The van der Waals surface area contributed by atoms with Crippen LogP contribution in [0.15, 0.2) is 0 Å². The normalized spacial score (nSPS) is 10.5. The van der Waals surface area contributed by atoms with Gasteiger partial charge in [0.05, 0.1) is 12.5 Å². The van der Waals surface area contributed by atoms with Crippen molar-refractivity contribution < 1.29 is 15.2 Å². The number of unbranched alkanes of at least 4 members (excludes halogenated alkanes) is 7. The fourth-order valence-corrected chi connectivity index (χ4v) is 1.64. The lowest BCUT2D eigenvalue weighted by Crippen LogP contribution is -2.87. The van der Waals surface area contributed by atoms with E-state index in [0.717, 1.165) is 13.0 Å². The molecule has 0 saturated heterocycles. The van der Waals surface area contributed by atoms with Crippen LogP contribution in [-0.2, 0) is 4.79 Å². The molecule has 0 atom stereocenters. The molecule has 0 saturated carbocycles. The van der Waals surface area contributed by atoms with Crippen LogP contribution in [0.5, 0.6) is 0 Å². The van der Waals surface area contributed by atoms with E-state index in [1.165, 1.54) is 44.9 Å². The third-order valence-corrected chi connectivity index (χ3v) is 2.57. The number of carboxylic acids is 1. The number of carbonyl (C=O) groups excluding carboxylic acids is 1. The molecule has 0 aliphatic heterocycles. The third kappa shape index (κ3) is 13.4. The van der Waals surface area contributed by atoms with Gasteiger partial charge < -0.3 is 15.2 Å². The number of carboxylic acid groups (broad SMARTS) is 1. The van der Waals surface area contributed by atoms with Gasteiger partial charge in [-0.2, -0.15) is 0 Å². The minimum absolute atomic E-state index is 0.108. The average Bonchev–Trinajstić information content (AvgIpc) is 2.20. The van der Waals surface area contributed by atoms with Crippen LogP contribution in [0.4, 0.5) is 0 Å². The maximum absolute atomic E-state index is 10.1. The van der Waals surface area contributed by atoms with E-state index in [1.54, 1.807) is 0 Å². The Morgan fingerprint density at radius 3 is 2.07 bits per heavy atom. The highest BCUT2D eigenvalue weighted by Crippen LogP contribution is 2.07. The van der Waals surface area contributed by atoms with Crippen molar-refractivity contribution in [3.63, 3.8) is 0 Å². The van der Waals surface area contributed by atoms with Crippen molar-refractivity contribution in [3.05, 3.63) is 0 Å². The summed E-state index contributed by atoms with van der Waals surface area (Å²) in [6.07, 6.45) is 10.4. The number of carbonyl (C=O) groups is 1. The van der Waals surface area contributed by atoms with Crippen LogP contribution >= 0.6 is 0 Å². The highest BCUT2D eigenvalue weighted by Gasteiger charge is 1.93. The summed E-state index contributed by atoms with van der Waals surface area (Å²) in [5.41, 5.74) is 0. The predicted octanol–water partition coefficient (Wildman–Crippen LogP) is 0.440. The quantitative estimate of drug-likeness (QED) is 0.508. The molecule has 2 N–H and O–H groups in total. The molecular weight excluding hydrogens is 190 g/mol.